The van der Waals surface area contributed by atoms with E-state index in [0.29, 0.717) is 0 Å². The van der Waals surface area contributed by atoms with Gasteiger partial charge in [0.25, 0.3) is 0 Å². The van der Waals surface area contributed by atoms with Gasteiger partial charge in [0.1, 0.15) is 0 Å². The van der Waals surface area contributed by atoms with Crippen LogP contribution in [-0.4, -0.2) is 11.8 Å². The first kappa shape index (κ1) is 12.8. The van der Waals surface area contributed by atoms with E-state index in [-0.39, 0.29) is 5.54 Å². The van der Waals surface area contributed by atoms with E-state index in [0.717, 1.165) is 6.42 Å². The van der Waals surface area contributed by atoms with Crippen LogP contribution in [0.4, 0.5) is 0 Å². The Hall–Kier alpha value is -1.63. The Morgan fingerprint density at radius 2 is 1.89 bits per heavy atom. The third-order valence-corrected chi connectivity index (χ3v) is 3.04. The minimum absolute atomic E-state index is 0.0234. The van der Waals surface area contributed by atoms with E-state index in [2.05, 4.69) is 69.1 Å². The first-order valence-electron chi connectivity index (χ1n) is 6.48. The van der Waals surface area contributed by atoms with Crippen LogP contribution in [0.15, 0.2) is 47.0 Å². The van der Waals surface area contributed by atoms with Crippen LogP contribution in [0.3, 0.4) is 0 Å². The molecule has 0 aromatic heterocycles. The fourth-order valence-corrected chi connectivity index (χ4v) is 2.09. The minimum Gasteiger partial charge on any atom is -0.287 e. The fraction of sp³-hybridized carbons (Fsp3) is 0.353. The van der Waals surface area contributed by atoms with Gasteiger partial charge in [-0.1, -0.05) is 36.4 Å². The van der Waals surface area contributed by atoms with Crippen molar-refractivity contribution in [3.05, 3.63) is 53.1 Å². The molecular formula is C17H21N. The quantitative estimate of drug-likeness (QED) is 0.667. The maximum Gasteiger partial charge on any atom is 0.0524 e. The zero-order valence-electron chi connectivity index (χ0n) is 11.7. The number of rotatable bonds is 2. The second kappa shape index (κ2) is 4.93. The second-order valence-corrected chi connectivity index (χ2v) is 5.78. The molecule has 0 aliphatic heterocycles. The highest BCUT2D eigenvalue weighted by Gasteiger charge is 2.11. The molecule has 18 heavy (non-hydrogen) atoms. The third kappa shape index (κ3) is 2.98. The van der Waals surface area contributed by atoms with Crippen molar-refractivity contribution in [1.82, 2.24) is 0 Å². The van der Waals surface area contributed by atoms with Crippen molar-refractivity contribution in [1.29, 1.82) is 0 Å². The van der Waals surface area contributed by atoms with E-state index in [9.17, 15) is 0 Å². The van der Waals surface area contributed by atoms with E-state index < -0.39 is 0 Å². The van der Waals surface area contributed by atoms with Crippen LogP contribution in [0.25, 0.3) is 5.57 Å². The van der Waals surface area contributed by atoms with Gasteiger partial charge in [-0.3, -0.25) is 4.99 Å². The summed E-state index contributed by atoms with van der Waals surface area (Å²) in [7, 11) is 0. The van der Waals surface area contributed by atoms with Crippen LogP contribution >= 0.6 is 0 Å². The van der Waals surface area contributed by atoms with Crippen LogP contribution in [0.2, 0.25) is 0 Å². The average molecular weight is 239 g/mol. The van der Waals surface area contributed by atoms with Crippen molar-refractivity contribution in [2.24, 2.45) is 4.99 Å². The molecule has 94 valence electrons. The predicted octanol–water partition coefficient (Wildman–Crippen LogP) is 4.64. The highest BCUT2D eigenvalue weighted by molar-refractivity contribution is 5.90. The van der Waals surface area contributed by atoms with Crippen molar-refractivity contribution in [3.8, 4) is 0 Å². The molecule has 0 bridgehead atoms. The van der Waals surface area contributed by atoms with Gasteiger partial charge in [-0.05, 0) is 56.4 Å². The molecule has 0 amide bonds. The number of allylic oxidation sites excluding steroid dienone is 4. The van der Waals surface area contributed by atoms with E-state index in [4.69, 9.17) is 0 Å². The molecule has 1 nitrogen and oxygen atoms in total. The van der Waals surface area contributed by atoms with Gasteiger partial charge in [-0.25, -0.2) is 0 Å². The first-order chi connectivity index (χ1) is 8.47. The maximum atomic E-state index is 4.62. The Labute approximate surface area is 110 Å². The molecule has 0 fully saturated rings. The van der Waals surface area contributed by atoms with Crippen molar-refractivity contribution >= 4 is 11.8 Å². The molecule has 1 aromatic carbocycles. The smallest absolute Gasteiger partial charge is 0.0524 e. The molecule has 1 aromatic rings. The summed E-state index contributed by atoms with van der Waals surface area (Å²) in [6.07, 6.45) is 7.47. The van der Waals surface area contributed by atoms with Gasteiger partial charge in [-0.2, -0.15) is 0 Å². The van der Waals surface area contributed by atoms with Crippen LogP contribution < -0.4 is 0 Å². The third-order valence-electron chi connectivity index (χ3n) is 3.04. The van der Waals surface area contributed by atoms with Crippen LogP contribution in [0.1, 0.15) is 45.2 Å². The molecule has 2 rings (SSSR count). The Morgan fingerprint density at radius 1 is 1.17 bits per heavy atom. The monoisotopic (exact) mass is 239 g/mol. The minimum atomic E-state index is -0.0234. The normalized spacial score (nSPS) is 16.0. The lowest BCUT2D eigenvalue weighted by Crippen LogP contribution is -2.10. The van der Waals surface area contributed by atoms with Crippen LogP contribution in [0.5, 0.6) is 0 Å². The van der Waals surface area contributed by atoms with Crippen molar-refractivity contribution in [3.63, 3.8) is 0 Å². The molecular weight excluding hydrogens is 218 g/mol. The summed E-state index contributed by atoms with van der Waals surface area (Å²) in [5, 5.41) is 0. The average Bonchev–Trinajstić information content (AvgIpc) is 2.72. The highest BCUT2D eigenvalue weighted by Crippen LogP contribution is 2.30. The largest absolute Gasteiger partial charge is 0.287 e. The summed E-state index contributed by atoms with van der Waals surface area (Å²) < 4.78 is 0. The summed E-state index contributed by atoms with van der Waals surface area (Å²) >= 11 is 0. The Kier molecular flexibility index (Phi) is 3.51. The van der Waals surface area contributed by atoms with Crippen molar-refractivity contribution < 1.29 is 0 Å². The molecule has 0 unspecified atom stereocenters. The van der Waals surface area contributed by atoms with Gasteiger partial charge in [0.15, 0.2) is 0 Å². The lowest BCUT2D eigenvalue weighted by atomic mass is 9.97. The summed E-state index contributed by atoms with van der Waals surface area (Å²) in [5.41, 5.74) is 5.29. The van der Waals surface area contributed by atoms with Gasteiger partial charge >= 0.3 is 0 Å². The molecule has 1 aliphatic rings. The zero-order valence-corrected chi connectivity index (χ0v) is 11.7. The van der Waals surface area contributed by atoms with E-state index >= 15 is 0 Å². The molecule has 0 saturated heterocycles. The number of aliphatic imine (C=N–C) groups is 1. The molecule has 0 spiro atoms. The molecule has 0 N–H and O–H groups in total. The molecule has 0 saturated carbocycles. The SMILES string of the molecule is CC1=C(c2ccccc2C=NC(C)(C)C)CC=C1. The maximum absolute atomic E-state index is 4.62. The Morgan fingerprint density at radius 3 is 2.50 bits per heavy atom. The van der Waals surface area contributed by atoms with Crippen LogP contribution in [-0.2, 0) is 0 Å². The van der Waals surface area contributed by atoms with Gasteiger partial charge in [-0.15, -0.1) is 0 Å². The van der Waals surface area contributed by atoms with Gasteiger partial charge < -0.3 is 0 Å². The predicted molar refractivity (Wildman–Crippen MR) is 80.1 cm³/mol. The second-order valence-electron chi connectivity index (χ2n) is 5.78. The topological polar surface area (TPSA) is 12.4 Å². The highest BCUT2D eigenvalue weighted by atomic mass is 14.8. The summed E-state index contributed by atoms with van der Waals surface area (Å²) in [4.78, 5) is 4.62. The van der Waals surface area contributed by atoms with Gasteiger partial charge in [0.2, 0.25) is 0 Å². The molecule has 1 heteroatoms. The fourth-order valence-electron chi connectivity index (χ4n) is 2.09. The summed E-state index contributed by atoms with van der Waals surface area (Å²) in [6, 6.07) is 8.51. The Bertz CT molecular complexity index is 525. The van der Waals surface area contributed by atoms with Crippen molar-refractivity contribution in [2.45, 2.75) is 39.7 Å². The number of hydrogen-bond acceptors (Lipinski definition) is 1. The number of benzene rings is 1. The summed E-state index contributed by atoms with van der Waals surface area (Å²) in [6.45, 7) is 8.53. The standard InChI is InChI=1S/C17H21N/c1-13-8-7-11-15(13)16-10-6-5-9-14(16)12-18-17(2,3)4/h5-10,12H,11H2,1-4H3. The number of hydrogen-bond donors (Lipinski definition) is 0. The van der Waals surface area contributed by atoms with Gasteiger partial charge in [0.05, 0.1) is 5.54 Å². The molecule has 0 atom stereocenters. The van der Waals surface area contributed by atoms with E-state index in [1.165, 1.54) is 22.3 Å². The van der Waals surface area contributed by atoms with E-state index in [1.807, 2.05) is 6.21 Å². The molecule has 0 radical (unpaired) electrons. The molecule has 0 heterocycles. The first-order valence-corrected chi connectivity index (χ1v) is 6.48. The molecule has 1 aliphatic carbocycles. The van der Waals surface area contributed by atoms with Crippen molar-refractivity contribution in [2.75, 3.05) is 0 Å². The van der Waals surface area contributed by atoms with Gasteiger partial charge in [0, 0.05) is 6.21 Å². The summed E-state index contributed by atoms with van der Waals surface area (Å²) in [5.74, 6) is 0. The lowest BCUT2D eigenvalue weighted by Gasteiger charge is -2.13. The zero-order chi connectivity index (χ0) is 13.2. The number of nitrogens with zero attached hydrogens (tertiary/aromatic N) is 1. The Balaban J connectivity index is 2.39. The lowest BCUT2D eigenvalue weighted by molar-refractivity contribution is 0.586. The van der Waals surface area contributed by atoms with E-state index in [1.54, 1.807) is 0 Å². The van der Waals surface area contributed by atoms with Crippen LogP contribution in [0, 0.1) is 0 Å².